The van der Waals surface area contributed by atoms with E-state index in [1.54, 1.807) is 22.9 Å². The molecule has 9 heteroatoms. The van der Waals surface area contributed by atoms with E-state index in [9.17, 15) is 14.9 Å². The van der Waals surface area contributed by atoms with Gasteiger partial charge >= 0.3 is 0 Å². The summed E-state index contributed by atoms with van der Waals surface area (Å²) in [5, 5.41) is 18.6. The average Bonchev–Trinajstić information content (AvgIpc) is 3.37. The summed E-state index contributed by atoms with van der Waals surface area (Å²) in [5.74, 6) is 0.830. The van der Waals surface area contributed by atoms with Gasteiger partial charge in [-0.1, -0.05) is 31.1 Å². The zero-order valence-corrected chi connectivity index (χ0v) is 17.3. The number of para-hydroxylation sites is 1. The van der Waals surface area contributed by atoms with Crippen LogP contribution in [0.5, 0.6) is 0 Å². The lowest BCUT2D eigenvalue weighted by Gasteiger charge is -2.12. The lowest BCUT2D eigenvalue weighted by Crippen LogP contribution is -2.19. The van der Waals surface area contributed by atoms with Gasteiger partial charge in [-0.25, -0.2) is 0 Å². The second-order valence-corrected chi connectivity index (χ2v) is 7.60. The first-order valence-corrected chi connectivity index (χ1v) is 9.80. The SMILES string of the molecule is Cc1cccc(-c2nc(C(C)C)no2)c1NC(=O)Cn1ccc2cc([N+](=O)[O-])ccc21. The molecule has 0 bridgehead atoms. The van der Waals surface area contributed by atoms with Crippen LogP contribution in [0.25, 0.3) is 22.4 Å². The molecule has 0 spiro atoms. The molecule has 4 rings (SSSR count). The van der Waals surface area contributed by atoms with Gasteiger partial charge in [-0.2, -0.15) is 4.98 Å². The van der Waals surface area contributed by atoms with E-state index in [1.165, 1.54) is 12.1 Å². The molecule has 0 radical (unpaired) electrons. The molecule has 0 saturated carbocycles. The summed E-state index contributed by atoms with van der Waals surface area (Å²) in [4.78, 5) is 27.8. The zero-order valence-electron chi connectivity index (χ0n) is 17.3. The molecule has 2 aromatic heterocycles. The molecule has 0 atom stereocenters. The molecule has 158 valence electrons. The molecule has 0 fully saturated rings. The van der Waals surface area contributed by atoms with Crippen LogP contribution < -0.4 is 5.32 Å². The third kappa shape index (κ3) is 4.02. The highest BCUT2D eigenvalue weighted by Gasteiger charge is 2.18. The highest BCUT2D eigenvalue weighted by molar-refractivity contribution is 5.96. The van der Waals surface area contributed by atoms with Gasteiger partial charge in [-0.05, 0) is 30.7 Å². The van der Waals surface area contributed by atoms with Crippen molar-refractivity contribution < 1.29 is 14.2 Å². The monoisotopic (exact) mass is 419 g/mol. The maximum Gasteiger partial charge on any atom is 0.270 e. The van der Waals surface area contributed by atoms with E-state index < -0.39 is 4.92 Å². The van der Waals surface area contributed by atoms with Crippen LogP contribution in [-0.2, 0) is 11.3 Å². The van der Waals surface area contributed by atoms with Crippen molar-refractivity contribution in [3.05, 3.63) is 70.2 Å². The van der Waals surface area contributed by atoms with Gasteiger partial charge in [0.05, 0.1) is 16.2 Å². The Morgan fingerprint density at radius 1 is 1.26 bits per heavy atom. The zero-order chi connectivity index (χ0) is 22.1. The van der Waals surface area contributed by atoms with Crippen LogP contribution in [-0.4, -0.2) is 25.5 Å². The number of anilines is 1. The number of carbonyl (C=O) groups is 1. The molecule has 0 saturated heterocycles. The number of nitro groups is 1. The molecular weight excluding hydrogens is 398 g/mol. The quantitative estimate of drug-likeness (QED) is 0.359. The molecule has 0 aliphatic carbocycles. The number of amides is 1. The number of aryl methyl sites for hydroxylation is 1. The van der Waals surface area contributed by atoms with Gasteiger partial charge in [0.2, 0.25) is 5.91 Å². The number of nitro benzene ring substituents is 1. The first-order chi connectivity index (χ1) is 14.8. The Hall–Kier alpha value is -4.01. The molecule has 9 nitrogen and oxygen atoms in total. The Bertz CT molecular complexity index is 1290. The molecule has 0 aliphatic rings. The van der Waals surface area contributed by atoms with Crippen LogP contribution in [0.2, 0.25) is 0 Å². The predicted octanol–water partition coefficient (Wildman–Crippen LogP) is 4.67. The van der Waals surface area contributed by atoms with Gasteiger partial charge in [0.25, 0.3) is 11.6 Å². The number of nitrogens with one attached hydrogen (secondary N) is 1. The average molecular weight is 419 g/mol. The van der Waals surface area contributed by atoms with E-state index in [1.807, 2.05) is 39.0 Å². The van der Waals surface area contributed by atoms with E-state index in [-0.39, 0.29) is 24.1 Å². The van der Waals surface area contributed by atoms with E-state index >= 15 is 0 Å². The minimum atomic E-state index is -0.439. The fourth-order valence-corrected chi connectivity index (χ4v) is 3.36. The minimum Gasteiger partial charge on any atom is -0.338 e. The summed E-state index contributed by atoms with van der Waals surface area (Å²) in [5.41, 5.74) is 2.88. The first-order valence-electron chi connectivity index (χ1n) is 9.80. The summed E-state index contributed by atoms with van der Waals surface area (Å²) in [6.07, 6.45) is 1.74. The van der Waals surface area contributed by atoms with E-state index in [4.69, 9.17) is 4.52 Å². The van der Waals surface area contributed by atoms with Gasteiger partial charge in [0.15, 0.2) is 5.82 Å². The molecule has 1 amide bonds. The number of fused-ring (bicyclic) bond motifs is 1. The van der Waals surface area contributed by atoms with Crippen molar-refractivity contribution in [1.29, 1.82) is 0 Å². The Labute approximate surface area is 177 Å². The third-order valence-electron chi connectivity index (χ3n) is 5.01. The molecule has 0 unspecified atom stereocenters. The Kier molecular flexibility index (Phi) is 5.24. The minimum absolute atomic E-state index is 0.0135. The predicted molar refractivity (Wildman–Crippen MR) is 116 cm³/mol. The molecular formula is C22H21N5O4. The third-order valence-corrected chi connectivity index (χ3v) is 5.01. The van der Waals surface area contributed by atoms with E-state index in [0.717, 1.165) is 11.1 Å². The fourth-order valence-electron chi connectivity index (χ4n) is 3.36. The van der Waals surface area contributed by atoms with E-state index in [0.29, 0.717) is 28.4 Å². The smallest absolute Gasteiger partial charge is 0.270 e. The Balaban J connectivity index is 1.59. The van der Waals surface area contributed by atoms with Gasteiger partial charge in [0, 0.05) is 35.2 Å². The summed E-state index contributed by atoms with van der Waals surface area (Å²) in [6.45, 7) is 5.90. The molecule has 4 aromatic rings. The van der Waals surface area contributed by atoms with Crippen LogP contribution in [0.3, 0.4) is 0 Å². The number of non-ortho nitro benzene ring substituents is 1. The number of carbonyl (C=O) groups excluding carboxylic acids is 1. The molecule has 0 aliphatic heterocycles. The van der Waals surface area contributed by atoms with Crippen molar-refractivity contribution in [2.75, 3.05) is 5.32 Å². The maximum atomic E-state index is 12.8. The number of rotatable bonds is 6. The normalized spacial score (nSPS) is 11.2. The van der Waals surface area contributed by atoms with Gasteiger partial charge < -0.3 is 14.4 Å². The Morgan fingerprint density at radius 3 is 2.77 bits per heavy atom. The van der Waals surface area contributed by atoms with Crippen molar-refractivity contribution in [3.8, 4) is 11.5 Å². The second kappa shape index (κ2) is 8.02. The Morgan fingerprint density at radius 2 is 2.06 bits per heavy atom. The summed E-state index contributed by atoms with van der Waals surface area (Å²) in [7, 11) is 0. The first kappa shape index (κ1) is 20.3. The summed E-state index contributed by atoms with van der Waals surface area (Å²) in [6, 6.07) is 11.9. The van der Waals surface area contributed by atoms with Crippen LogP contribution in [0, 0.1) is 17.0 Å². The summed E-state index contributed by atoms with van der Waals surface area (Å²) < 4.78 is 7.16. The second-order valence-electron chi connectivity index (χ2n) is 7.60. The standard InChI is InChI=1S/C22H21N5O4/c1-13(2)21-24-22(31-25-21)17-6-4-5-14(3)20(17)23-19(28)12-26-10-9-15-11-16(27(29)30)7-8-18(15)26/h4-11,13H,12H2,1-3H3,(H,23,28). The van der Waals surface area contributed by atoms with E-state index in [2.05, 4.69) is 15.5 Å². The number of nitrogens with zero attached hydrogens (tertiary/aromatic N) is 4. The molecule has 2 aromatic carbocycles. The van der Waals surface area contributed by atoms with Crippen molar-refractivity contribution in [2.24, 2.45) is 0 Å². The van der Waals surface area contributed by atoms with Crippen LogP contribution in [0.15, 0.2) is 53.2 Å². The number of aromatic nitrogens is 3. The fraction of sp³-hybridized carbons (Fsp3) is 0.227. The highest BCUT2D eigenvalue weighted by Crippen LogP contribution is 2.31. The number of benzene rings is 2. The van der Waals surface area contributed by atoms with Crippen molar-refractivity contribution in [3.63, 3.8) is 0 Å². The lowest BCUT2D eigenvalue weighted by atomic mass is 10.1. The van der Waals surface area contributed by atoms with Crippen molar-refractivity contribution >= 4 is 28.2 Å². The van der Waals surface area contributed by atoms with Gasteiger partial charge in [-0.3, -0.25) is 14.9 Å². The maximum absolute atomic E-state index is 12.8. The van der Waals surface area contributed by atoms with Crippen molar-refractivity contribution in [1.82, 2.24) is 14.7 Å². The highest BCUT2D eigenvalue weighted by atomic mass is 16.6. The topological polar surface area (TPSA) is 116 Å². The number of hydrogen-bond donors (Lipinski definition) is 1. The van der Waals surface area contributed by atoms with Crippen LogP contribution in [0.1, 0.15) is 31.2 Å². The summed E-state index contributed by atoms with van der Waals surface area (Å²) >= 11 is 0. The lowest BCUT2D eigenvalue weighted by molar-refractivity contribution is -0.384. The van der Waals surface area contributed by atoms with Gasteiger partial charge in [0.1, 0.15) is 6.54 Å². The largest absolute Gasteiger partial charge is 0.338 e. The molecule has 31 heavy (non-hydrogen) atoms. The molecule has 2 heterocycles. The molecule has 1 N–H and O–H groups in total. The van der Waals surface area contributed by atoms with Crippen LogP contribution in [0.4, 0.5) is 11.4 Å². The van der Waals surface area contributed by atoms with Crippen molar-refractivity contribution in [2.45, 2.75) is 33.2 Å². The van der Waals surface area contributed by atoms with Gasteiger partial charge in [-0.15, -0.1) is 0 Å². The van der Waals surface area contributed by atoms with Crippen LogP contribution >= 0.6 is 0 Å². The number of hydrogen-bond acceptors (Lipinski definition) is 6.